The maximum Gasteiger partial charge on any atom is 0.303 e. The van der Waals surface area contributed by atoms with Crippen LogP contribution in [0.4, 0.5) is 0 Å². The van der Waals surface area contributed by atoms with Gasteiger partial charge in [-0.3, -0.25) is 14.4 Å². The minimum atomic E-state index is -0.744. The Balaban J connectivity index is 2.15. The molecule has 0 amide bonds. The Bertz CT molecular complexity index is 744. The third-order valence-corrected chi connectivity index (χ3v) is 4.96. The standard InChI is InChI=1S/C21H25IO7/c1-13(23)26-12-18-11-20(27-14(2)24)21(28-15(3)25)19(29-18)6-4-5-16-7-9-17(22)10-8-16/h4-5,7-10,18-21H,6,11-12H2,1-3H3/b5-4+/t18-,19+,20-,21+/m0/s1. The smallest absolute Gasteiger partial charge is 0.303 e. The number of carbonyl (C=O) groups excluding carboxylic acids is 3. The second kappa shape index (κ2) is 11.3. The summed E-state index contributed by atoms with van der Waals surface area (Å²) >= 11 is 2.24. The number of hydrogen-bond acceptors (Lipinski definition) is 7. The summed E-state index contributed by atoms with van der Waals surface area (Å²) < 4.78 is 23.0. The number of carbonyl (C=O) groups is 3. The molecule has 7 nitrogen and oxygen atoms in total. The van der Waals surface area contributed by atoms with Gasteiger partial charge in [-0.25, -0.2) is 0 Å². The SMILES string of the molecule is CC(=O)OC[C@@H]1C[C@H](OC(C)=O)[C@H](OC(C)=O)[C@@H](C/C=C/c2ccc(I)cc2)O1. The van der Waals surface area contributed by atoms with Crippen LogP contribution in [0.2, 0.25) is 0 Å². The van der Waals surface area contributed by atoms with Crippen LogP contribution in [-0.2, 0) is 33.3 Å². The van der Waals surface area contributed by atoms with Crippen LogP contribution in [0, 0.1) is 3.57 Å². The van der Waals surface area contributed by atoms with Crippen LogP contribution >= 0.6 is 22.6 Å². The van der Waals surface area contributed by atoms with Crippen molar-refractivity contribution in [2.24, 2.45) is 0 Å². The average Bonchev–Trinajstić information content (AvgIpc) is 2.63. The molecule has 1 fully saturated rings. The fraction of sp³-hybridized carbons (Fsp3) is 0.476. The Hall–Kier alpha value is -1.94. The lowest BCUT2D eigenvalue weighted by Gasteiger charge is -2.40. The zero-order valence-corrected chi connectivity index (χ0v) is 18.8. The highest BCUT2D eigenvalue weighted by atomic mass is 127. The lowest BCUT2D eigenvalue weighted by Crippen LogP contribution is -2.52. The van der Waals surface area contributed by atoms with E-state index in [2.05, 4.69) is 22.6 Å². The third kappa shape index (κ3) is 8.14. The minimum Gasteiger partial charge on any atom is -0.463 e. The van der Waals surface area contributed by atoms with E-state index in [1.165, 1.54) is 20.8 Å². The molecule has 8 heteroatoms. The first-order chi connectivity index (χ1) is 13.7. The van der Waals surface area contributed by atoms with Gasteiger partial charge >= 0.3 is 17.9 Å². The zero-order valence-electron chi connectivity index (χ0n) is 16.6. The Morgan fingerprint density at radius 3 is 2.31 bits per heavy atom. The lowest BCUT2D eigenvalue weighted by atomic mass is 9.95. The number of hydrogen-bond donors (Lipinski definition) is 0. The first-order valence-corrected chi connectivity index (χ1v) is 10.4. The summed E-state index contributed by atoms with van der Waals surface area (Å²) in [6.07, 6.45) is 2.13. The predicted molar refractivity (Wildman–Crippen MR) is 114 cm³/mol. The second-order valence-electron chi connectivity index (χ2n) is 6.75. The number of halogens is 1. The van der Waals surface area contributed by atoms with Gasteiger partial charge in [0.1, 0.15) is 18.8 Å². The van der Waals surface area contributed by atoms with E-state index in [1.807, 2.05) is 36.4 Å². The summed E-state index contributed by atoms with van der Waals surface area (Å²) in [6.45, 7) is 3.95. The molecule has 0 saturated carbocycles. The first kappa shape index (κ1) is 23.3. The molecule has 1 aliphatic heterocycles. The molecule has 0 radical (unpaired) electrons. The highest BCUT2D eigenvalue weighted by Crippen LogP contribution is 2.28. The quantitative estimate of drug-likeness (QED) is 0.312. The molecule has 0 spiro atoms. The molecule has 29 heavy (non-hydrogen) atoms. The molecule has 0 N–H and O–H groups in total. The van der Waals surface area contributed by atoms with E-state index < -0.39 is 42.3 Å². The van der Waals surface area contributed by atoms with E-state index in [9.17, 15) is 14.4 Å². The van der Waals surface area contributed by atoms with Gasteiger partial charge < -0.3 is 18.9 Å². The lowest BCUT2D eigenvalue weighted by molar-refractivity contribution is -0.211. The van der Waals surface area contributed by atoms with Crippen LogP contribution in [0.5, 0.6) is 0 Å². The summed E-state index contributed by atoms with van der Waals surface area (Å²) in [7, 11) is 0. The molecule has 4 atom stereocenters. The van der Waals surface area contributed by atoms with Crippen molar-refractivity contribution in [1.29, 1.82) is 0 Å². The fourth-order valence-corrected chi connectivity index (χ4v) is 3.46. The van der Waals surface area contributed by atoms with Crippen LogP contribution in [0.3, 0.4) is 0 Å². The molecule has 1 heterocycles. The van der Waals surface area contributed by atoms with Gasteiger partial charge in [0.2, 0.25) is 0 Å². The van der Waals surface area contributed by atoms with Crippen molar-refractivity contribution in [2.45, 2.75) is 58.0 Å². The number of rotatable bonds is 7. The number of ether oxygens (including phenoxy) is 4. The van der Waals surface area contributed by atoms with Crippen LogP contribution < -0.4 is 0 Å². The van der Waals surface area contributed by atoms with Gasteiger partial charge in [-0.2, -0.15) is 0 Å². The molecule has 0 unspecified atom stereocenters. The molecular formula is C21H25IO7. The van der Waals surface area contributed by atoms with Gasteiger partial charge in [0.05, 0.1) is 6.10 Å². The minimum absolute atomic E-state index is 0.0389. The summed E-state index contributed by atoms with van der Waals surface area (Å²) in [5.74, 6) is -1.39. The molecule has 0 aliphatic carbocycles. The molecule has 1 aliphatic rings. The highest BCUT2D eigenvalue weighted by Gasteiger charge is 2.42. The molecule has 0 bridgehead atoms. The number of esters is 3. The first-order valence-electron chi connectivity index (χ1n) is 9.30. The van der Waals surface area contributed by atoms with Crippen LogP contribution in [-0.4, -0.2) is 48.9 Å². The van der Waals surface area contributed by atoms with Crippen LogP contribution in [0.1, 0.15) is 39.2 Å². The van der Waals surface area contributed by atoms with Gasteiger partial charge in [-0.05, 0) is 46.7 Å². The largest absolute Gasteiger partial charge is 0.463 e. The van der Waals surface area contributed by atoms with E-state index in [0.717, 1.165) is 9.13 Å². The van der Waals surface area contributed by atoms with Crippen molar-refractivity contribution in [3.8, 4) is 0 Å². The number of benzene rings is 1. The molecular weight excluding hydrogens is 491 g/mol. The fourth-order valence-electron chi connectivity index (χ4n) is 3.10. The molecule has 2 rings (SSSR count). The molecule has 0 aromatic heterocycles. The van der Waals surface area contributed by atoms with Gasteiger partial charge in [0.25, 0.3) is 0 Å². The summed E-state index contributed by atoms with van der Waals surface area (Å²) in [5.41, 5.74) is 1.03. The van der Waals surface area contributed by atoms with Gasteiger partial charge in [-0.1, -0.05) is 24.3 Å². The van der Waals surface area contributed by atoms with Gasteiger partial charge in [0, 0.05) is 30.8 Å². The van der Waals surface area contributed by atoms with E-state index in [4.69, 9.17) is 18.9 Å². The van der Waals surface area contributed by atoms with Gasteiger partial charge in [0.15, 0.2) is 6.10 Å². The Kier molecular flexibility index (Phi) is 9.09. The highest BCUT2D eigenvalue weighted by molar-refractivity contribution is 14.1. The van der Waals surface area contributed by atoms with E-state index in [0.29, 0.717) is 6.42 Å². The molecule has 1 aromatic rings. The van der Waals surface area contributed by atoms with Crippen molar-refractivity contribution >= 4 is 46.6 Å². The average molecular weight is 516 g/mol. The Labute approximate surface area is 183 Å². The summed E-state index contributed by atoms with van der Waals surface area (Å²) in [6, 6.07) is 8.00. The second-order valence-corrected chi connectivity index (χ2v) is 7.99. The normalized spacial score (nSPS) is 24.1. The van der Waals surface area contributed by atoms with Crippen molar-refractivity contribution < 1.29 is 33.3 Å². The molecule has 158 valence electrons. The van der Waals surface area contributed by atoms with Crippen molar-refractivity contribution in [3.05, 3.63) is 39.5 Å². The summed E-state index contributed by atoms with van der Waals surface area (Å²) in [5, 5.41) is 0. The maximum atomic E-state index is 11.6. The summed E-state index contributed by atoms with van der Waals surface area (Å²) in [4.78, 5) is 34.3. The van der Waals surface area contributed by atoms with E-state index >= 15 is 0 Å². The molecule has 1 saturated heterocycles. The van der Waals surface area contributed by atoms with Crippen LogP contribution in [0.25, 0.3) is 6.08 Å². The predicted octanol–water partition coefficient (Wildman–Crippen LogP) is 3.28. The van der Waals surface area contributed by atoms with E-state index in [1.54, 1.807) is 0 Å². The maximum absolute atomic E-state index is 11.6. The van der Waals surface area contributed by atoms with E-state index in [-0.39, 0.29) is 13.0 Å². The van der Waals surface area contributed by atoms with Crippen molar-refractivity contribution in [2.75, 3.05) is 6.61 Å². The van der Waals surface area contributed by atoms with Crippen molar-refractivity contribution in [3.63, 3.8) is 0 Å². The topological polar surface area (TPSA) is 88.1 Å². The molecule has 1 aromatic carbocycles. The zero-order chi connectivity index (χ0) is 21.4. The monoisotopic (exact) mass is 516 g/mol. The van der Waals surface area contributed by atoms with Crippen molar-refractivity contribution in [1.82, 2.24) is 0 Å². The Morgan fingerprint density at radius 1 is 1.07 bits per heavy atom. The van der Waals surface area contributed by atoms with Crippen LogP contribution in [0.15, 0.2) is 30.3 Å². The Morgan fingerprint density at radius 2 is 1.72 bits per heavy atom. The third-order valence-electron chi connectivity index (χ3n) is 4.24. The van der Waals surface area contributed by atoms with Gasteiger partial charge in [-0.15, -0.1) is 0 Å².